The number of benzene rings is 8. The minimum Gasteiger partial charge on any atom is -0.716 e. The second kappa shape index (κ2) is 34.9. The van der Waals surface area contributed by atoms with E-state index in [0.717, 1.165) is 28.3 Å². The highest BCUT2D eigenvalue weighted by atomic mass is 32.3. The molecule has 0 unspecified atom stereocenters. The fourth-order valence-corrected chi connectivity index (χ4v) is 9.39. The van der Waals surface area contributed by atoms with E-state index < -0.39 is 57.8 Å². The third-order valence-corrected chi connectivity index (χ3v) is 13.9. The molecule has 0 aliphatic carbocycles. The van der Waals surface area contributed by atoms with Crippen molar-refractivity contribution in [2.45, 2.75) is 85.2 Å². The molecule has 8 aromatic carbocycles. The van der Waals surface area contributed by atoms with Crippen LogP contribution in [0.2, 0.25) is 0 Å². The highest BCUT2D eigenvalue weighted by Crippen LogP contribution is 2.39. The van der Waals surface area contributed by atoms with Gasteiger partial charge in [0.25, 0.3) is 10.4 Å². The number of unbranched alkanes of at least 4 members (excludes halogenated alkanes) is 2. The van der Waals surface area contributed by atoms with Crippen LogP contribution in [0, 0.1) is 0 Å². The first-order valence-corrected chi connectivity index (χ1v) is 30.1. The Balaban J connectivity index is 0.000000254. The minimum atomic E-state index is -5.23. The summed E-state index contributed by atoms with van der Waals surface area (Å²) in [4.78, 5) is 76.7. The molecule has 0 amide bonds. The zero-order valence-corrected chi connectivity index (χ0v) is 50.2. The molecule has 21 heteroatoms. The average Bonchev–Trinajstić information content (AvgIpc) is 0.789. The number of halogens is 1. The molecule has 0 bridgehead atoms. The number of carbonyl (C=O) groups is 4. The second-order valence-electron chi connectivity index (χ2n) is 20.2. The SMILES string of the molecule is C.O=C(CCCCC(=O)Oc1c(-c2ccc(OCc3ccccc3)c(O)c2)oc2ccccc2c1=O)OCc1ccccc1.O=C(CCCCC(=O)Oc1c(-c2ccc(OCc3ccccc3)c(OS(=O)(=O)[O-])c2)oc2ccccc2c1=O)OCc1ccccc1.[2H]CF. The Morgan fingerprint density at radius 2 is 0.817 bits per heavy atom. The van der Waals surface area contributed by atoms with Crippen LogP contribution >= 0.6 is 0 Å². The van der Waals surface area contributed by atoms with Gasteiger partial charge in [0, 0.05) is 36.8 Å². The topological polar surface area (TPSA) is 271 Å². The van der Waals surface area contributed by atoms with Crippen molar-refractivity contribution >= 4 is 56.2 Å². The molecule has 0 atom stereocenters. The number of para-hydroxylation sites is 2. The van der Waals surface area contributed by atoms with E-state index in [2.05, 4.69) is 4.18 Å². The van der Waals surface area contributed by atoms with Gasteiger partial charge in [0.05, 0.1) is 19.3 Å². The quantitative estimate of drug-likeness (QED) is 0.0228. The Bertz CT molecular complexity index is 4380. The van der Waals surface area contributed by atoms with Crippen molar-refractivity contribution in [2.24, 2.45) is 0 Å². The van der Waals surface area contributed by atoms with Gasteiger partial charge in [-0.15, -0.1) is 0 Å². The standard InChI is InChI=1S/C35H30O11S.C35H30O8.CH3F.CH4/c36-31(43-23-25-13-5-2-6-14-25)17-9-10-18-32(37)45-35-33(38)27-15-7-8-16-28(27)44-34(35)26-19-20-29(30(21-26)46-47(39,40)41)42-22-24-11-3-1-4-12-24;36-28-21-26(19-20-30(28)40-22-24-11-3-1-4-12-24)34-35(33(39)27-15-7-8-16-29(27)42-34)43-32(38)18-10-9-17-31(37)41-23-25-13-5-2-6-14-25;1-2;/h1-8,11-16,19-21H,9-10,17-18,22-23H2,(H,39,40,41);1-8,11-16,19-21,36H,9-10,17-18,22-23H2;1H3;1H4/p-1/i;;1D;. The van der Waals surface area contributed by atoms with Gasteiger partial charge >= 0.3 is 23.9 Å². The molecule has 19 nitrogen and oxygen atoms in total. The molecule has 2 aromatic heterocycles. The summed E-state index contributed by atoms with van der Waals surface area (Å²) < 4.78 is 100.0. The Morgan fingerprint density at radius 1 is 0.473 bits per heavy atom. The summed E-state index contributed by atoms with van der Waals surface area (Å²) in [6.07, 6.45) is 1.51. The van der Waals surface area contributed by atoms with E-state index in [4.69, 9.17) is 38.6 Å². The number of hydrogen-bond acceptors (Lipinski definition) is 19. The molecule has 0 fully saturated rings. The number of esters is 4. The molecule has 2 heterocycles. The first kappa shape index (κ1) is 68.0. The van der Waals surface area contributed by atoms with Gasteiger partial charge in [-0.1, -0.05) is 153 Å². The largest absolute Gasteiger partial charge is 0.716 e. The van der Waals surface area contributed by atoms with Crippen LogP contribution in [0.25, 0.3) is 44.6 Å². The number of rotatable bonds is 26. The maximum atomic E-state index is 13.5. The molecule has 0 radical (unpaired) electrons. The van der Waals surface area contributed by atoms with Gasteiger partial charge in [-0.05, 0) is 109 Å². The smallest absolute Gasteiger partial charge is 0.311 e. The number of hydrogen-bond donors (Lipinski definition) is 1. The molecule has 0 spiro atoms. The van der Waals surface area contributed by atoms with E-state index in [0.29, 0.717) is 30.4 Å². The molecule has 0 aliphatic rings. The molecule has 482 valence electrons. The lowest BCUT2D eigenvalue weighted by molar-refractivity contribution is -0.146. The third kappa shape index (κ3) is 20.8. The molecule has 1 N–H and O–H groups in total. The lowest BCUT2D eigenvalue weighted by Crippen LogP contribution is -2.16. The maximum absolute atomic E-state index is 13.5. The molecule has 0 saturated carbocycles. The lowest BCUT2D eigenvalue weighted by Gasteiger charge is -2.16. The zero-order chi connectivity index (χ0) is 66.0. The van der Waals surface area contributed by atoms with Crippen LogP contribution in [0.15, 0.2) is 225 Å². The number of phenols is 1. The Labute approximate surface area is 536 Å². The predicted octanol–water partition coefficient (Wildman–Crippen LogP) is 14.3. The fraction of sp³-hybridized carbons (Fsp3) is 0.194. The van der Waals surface area contributed by atoms with E-state index in [1.165, 1.54) is 24.3 Å². The number of ether oxygens (including phenoxy) is 6. The summed E-state index contributed by atoms with van der Waals surface area (Å²) in [5.74, 6) is -3.52. The third-order valence-electron chi connectivity index (χ3n) is 13.5. The molecule has 93 heavy (non-hydrogen) atoms. The van der Waals surface area contributed by atoms with Crippen LogP contribution in [-0.4, -0.2) is 49.1 Å². The van der Waals surface area contributed by atoms with Crippen molar-refractivity contribution < 1.29 is 84.5 Å². The Hall–Kier alpha value is -10.9. The van der Waals surface area contributed by atoms with Crippen molar-refractivity contribution in [3.8, 4) is 57.1 Å². The van der Waals surface area contributed by atoms with Crippen molar-refractivity contribution in [1.82, 2.24) is 0 Å². The maximum Gasteiger partial charge on any atom is 0.311 e. The molecular formula is C72H66FO19S-. The first-order valence-electron chi connectivity index (χ1n) is 29.5. The zero-order valence-electron chi connectivity index (χ0n) is 50.4. The van der Waals surface area contributed by atoms with Gasteiger partial charge in [0.1, 0.15) is 37.6 Å². The van der Waals surface area contributed by atoms with Crippen molar-refractivity contribution in [3.63, 3.8) is 0 Å². The molecular weight excluding hydrogens is 1220 g/mol. The van der Waals surface area contributed by atoms with Gasteiger partial charge in [-0.25, -0.2) is 8.42 Å². The molecule has 10 aromatic rings. The first-order chi connectivity index (χ1) is 45.0. The number of carbonyl (C=O) groups excluding carboxylic acids is 4. The number of fused-ring (bicyclic) bond motifs is 2. The van der Waals surface area contributed by atoms with E-state index >= 15 is 0 Å². The van der Waals surface area contributed by atoms with Gasteiger partial charge in [0.15, 0.2) is 34.5 Å². The van der Waals surface area contributed by atoms with Crippen LogP contribution in [0.1, 0.15) is 82.4 Å². The highest BCUT2D eigenvalue weighted by molar-refractivity contribution is 7.81. The summed E-state index contributed by atoms with van der Waals surface area (Å²) in [5.41, 5.74) is 3.17. The molecule has 0 aliphatic heterocycles. The predicted molar refractivity (Wildman–Crippen MR) is 344 cm³/mol. The van der Waals surface area contributed by atoms with Crippen LogP contribution in [0.4, 0.5) is 4.39 Å². The van der Waals surface area contributed by atoms with Gasteiger partial charge < -0.3 is 51.1 Å². The Kier molecular flexibility index (Phi) is 25.5. The number of alkyl halides is 1. The van der Waals surface area contributed by atoms with Crippen LogP contribution < -0.4 is 34.0 Å². The lowest BCUT2D eigenvalue weighted by atomic mass is 10.1. The second-order valence-corrected chi connectivity index (χ2v) is 21.2. The highest BCUT2D eigenvalue weighted by Gasteiger charge is 2.25. The van der Waals surface area contributed by atoms with E-state index in [1.54, 1.807) is 78.9 Å². The summed E-state index contributed by atoms with van der Waals surface area (Å²) in [5, 5.41) is 11.1. The van der Waals surface area contributed by atoms with Crippen LogP contribution in [0.3, 0.4) is 0 Å². The Morgan fingerprint density at radius 3 is 1.22 bits per heavy atom. The summed E-state index contributed by atoms with van der Waals surface area (Å²) in [6.45, 7) is 0.633. The van der Waals surface area contributed by atoms with Gasteiger partial charge in [0.2, 0.25) is 22.4 Å². The normalized spacial score (nSPS) is 10.8. The van der Waals surface area contributed by atoms with E-state index in [-0.39, 0.29) is 128 Å². The average molecular weight is 1290 g/mol. The monoisotopic (exact) mass is 1290 g/mol. The summed E-state index contributed by atoms with van der Waals surface area (Å²) >= 11 is 0. The number of aromatic hydroxyl groups is 1. The minimum absolute atomic E-state index is 0. The van der Waals surface area contributed by atoms with Crippen molar-refractivity contribution in [1.29, 1.82) is 0 Å². The summed E-state index contributed by atoms with van der Waals surface area (Å²) in [7, 11) is -6.23. The molecule has 0 saturated heterocycles. The van der Waals surface area contributed by atoms with Crippen LogP contribution in [-0.2, 0) is 65.5 Å². The number of phenolic OH excluding ortho intramolecular Hbond substituents is 1. The molecule has 10 rings (SSSR count). The van der Waals surface area contributed by atoms with E-state index in [1.807, 2.05) is 97.1 Å². The fourth-order valence-electron chi connectivity index (χ4n) is 9.04. The summed E-state index contributed by atoms with van der Waals surface area (Å²) in [6, 6.07) is 58.6. The van der Waals surface area contributed by atoms with Gasteiger partial charge in [-0.2, -0.15) is 0 Å². The van der Waals surface area contributed by atoms with Crippen molar-refractivity contribution in [2.75, 3.05) is 7.15 Å². The van der Waals surface area contributed by atoms with Gasteiger partial charge in [-0.3, -0.25) is 33.2 Å². The van der Waals surface area contributed by atoms with Crippen LogP contribution in [0.5, 0.6) is 34.5 Å². The van der Waals surface area contributed by atoms with Crippen molar-refractivity contribution in [3.05, 3.63) is 249 Å². The van der Waals surface area contributed by atoms with E-state index in [9.17, 15) is 51.2 Å².